The topological polar surface area (TPSA) is 45.7 Å². The summed E-state index contributed by atoms with van der Waals surface area (Å²) in [5, 5.41) is 0.403. The summed E-state index contributed by atoms with van der Waals surface area (Å²) >= 11 is 1.14. The largest absolute Gasteiger partial charge is 0.379 e. The van der Waals surface area contributed by atoms with Crippen LogP contribution in [0.3, 0.4) is 0 Å². The highest BCUT2D eigenvalue weighted by Gasteiger charge is 2.22. The maximum absolute atomic E-state index is 14.2. The predicted octanol–water partition coefficient (Wildman–Crippen LogP) is 4.49. The maximum Gasteiger partial charge on any atom is 0.233 e. The smallest absolute Gasteiger partial charge is 0.233 e. The first-order chi connectivity index (χ1) is 15.4. The van der Waals surface area contributed by atoms with Gasteiger partial charge in [0.25, 0.3) is 0 Å². The monoisotopic (exact) mass is 459 g/mol. The lowest BCUT2D eigenvalue weighted by Gasteiger charge is -2.27. The number of morpholine rings is 1. The molecule has 8 heteroatoms. The van der Waals surface area contributed by atoms with Crippen molar-refractivity contribution in [3.8, 4) is 0 Å². The van der Waals surface area contributed by atoms with Crippen LogP contribution in [0.2, 0.25) is 0 Å². The van der Waals surface area contributed by atoms with E-state index in [2.05, 4.69) is 9.88 Å². The van der Waals surface area contributed by atoms with Gasteiger partial charge >= 0.3 is 0 Å². The Kier molecular flexibility index (Phi) is 7.13. The molecule has 1 aliphatic rings. The normalized spacial score (nSPS) is 14.8. The van der Waals surface area contributed by atoms with Crippen LogP contribution in [0.15, 0.2) is 30.3 Å². The molecule has 0 unspecified atom stereocenters. The lowest BCUT2D eigenvalue weighted by atomic mass is 10.0. The van der Waals surface area contributed by atoms with E-state index < -0.39 is 11.6 Å². The van der Waals surface area contributed by atoms with Crippen LogP contribution < -0.4 is 4.90 Å². The van der Waals surface area contributed by atoms with E-state index in [1.54, 1.807) is 4.90 Å². The molecule has 0 atom stereocenters. The van der Waals surface area contributed by atoms with Crippen LogP contribution >= 0.6 is 11.3 Å². The molecule has 1 aromatic heterocycles. The summed E-state index contributed by atoms with van der Waals surface area (Å²) in [5.41, 5.74) is 3.33. The quantitative estimate of drug-likeness (QED) is 0.522. The van der Waals surface area contributed by atoms with E-state index in [9.17, 15) is 13.6 Å². The fraction of sp³-hybridized carbons (Fsp3) is 0.417. The Bertz CT molecular complexity index is 1110. The Labute approximate surface area is 190 Å². The number of rotatable bonds is 7. The van der Waals surface area contributed by atoms with Crippen molar-refractivity contribution in [2.75, 3.05) is 44.3 Å². The fourth-order valence-electron chi connectivity index (χ4n) is 3.85. The number of halogens is 2. The molecule has 2 aromatic carbocycles. The number of hydrogen-bond donors (Lipinski definition) is 0. The first-order valence-electron chi connectivity index (χ1n) is 10.8. The Morgan fingerprint density at radius 2 is 1.94 bits per heavy atom. The molecule has 1 saturated heterocycles. The molecule has 4 rings (SSSR count). The van der Waals surface area contributed by atoms with Gasteiger partial charge in [0.2, 0.25) is 5.91 Å². The number of carbonyl (C=O) groups excluding carboxylic acids is 1. The standard InChI is InChI=1S/C24H27F2N3O2S/c1-16-4-5-18(12-17(16)2)13-22(30)29(7-3-6-28-8-10-31-11-9-28)24-27-23-20(26)14-19(25)15-21(23)32-24/h4-5,12,14-15H,3,6-11,13H2,1-2H3. The average Bonchev–Trinajstić information content (AvgIpc) is 3.18. The van der Waals surface area contributed by atoms with Gasteiger partial charge in [-0.25, -0.2) is 13.8 Å². The van der Waals surface area contributed by atoms with E-state index in [1.165, 1.54) is 11.6 Å². The van der Waals surface area contributed by atoms with Crippen LogP contribution in [-0.4, -0.2) is 55.2 Å². The van der Waals surface area contributed by atoms with Crippen molar-refractivity contribution in [2.45, 2.75) is 26.7 Å². The molecule has 0 aliphatic carbocycles. The number of ether oxygens (including phenoxy) is 1. The minimum atomic E-state index is -0.711. The summed E-state index contributed by atoms with van der Waals surface area (Å²) in [6.07, 6.45) is 0.983. The molecule has 5 nitrogen and oxygen atoms in total. The highest BCUT2D eigenvalue weighted by molar-refractivity contribution is 7.22. The number of nitrogens with zero attached hydrogens (tertiary/aromatic N) is 3. The molecular formula is C24H27F2N3O2S. The number of thiazole rings is 1. The zero-order valence-corrected chi connectivity index (χ0v) is 19.2. The van der Waals surface area contributed by atoms with Gasteiger partial charge in [0.1, 0.15) is 11.3 Å². The number of hydrogen-bond acceptors (Lipinski definition) is 5. The molecule has 1 amide bonds. The van der Waals surface area contributed by atoms with Gasteiger partial charge in [0.15, 0.2) is 10.9 Å². The molecule has 0 bridgehead atoms. The van der Waals surface area contributed by atoms with Gasteiger partial charge in [-0.2, -0.15) is 0 Å². The van der Waals surface area contributed by atoms with Gasteiger partial charge in [-0.1, -0.05) is 29.5 Å². The molecule has 1 aliphatic heterocycles. The van der Waals surface area contributed by atoms with Crippen molar-refractivity contribution in [3.63, 3.8) is 0 Å². The van der Waals surface area contributed by atoms with Crippen LogP contribution in [0.4, 0.5) is 13.9 Å². The minimum Gasteiger partial charge on any atom is -0.379 e. The third-order valence-corrected chi connectivity index (χ3v) is 6.85. The van der Waals surface area contributed by atoms with Crippen LogP contribution in [-0.2, 0) is 16.0 Å². The fourth-order valence-corrected chi connectivity index (χ4v) is 4.90. The second kappa shape index (κ2) is 10.0. The van der Waals surface area contributed by atoms with Crippen LogP contribution in [0.1, 0.15) is 23.1 Å². The van der Waals surface area contributed by atoms with Gasteiger partial charge in [-0.15, -0.1) is 0 Å². The number of carbonyl (C=O) groups is 1. The van der Waals surface area contributed by atoms with Gasteiger partial charge in [0, 0.05) is 32.2 Å². The second-order valence-corrected chi connectivity index (χ2v) is 9.19. The summed E-state index contributed by atoms with van der Waals surface area (Å²) < 4.78 is 33.7. The zero-order valence-electron chi connectivity index (χ0n) is 18.4. The number of fused-ring (bicyclic) bond motifs is 1. The molecule has 1 fully saturated rings. The number of amides is 1. The van der Waals surface area contributed by atoms with E-state index in [0.29, 0.717) is 16.4 Å². The Balaban J connectivity index is 1.56. The molecular weight excluding hydrogens is 432 g/mol. The summed E-state index contributed by atoms with van der Waals surface area (Å²) in [6, 6.07) is 8.08. The lowest BCUT2D eigenvalue weighted by Crippen LogP contribution is -2.39. The zero-order chi connectivity index (χ0) is 22.7. The van der Waals surface area contributed by atoms with Crippen molar-refractivity contribution in [1.82, 2.24) is 9.88 Å². The summed E-state index contributed by atoms with van der Waals surface area (Å²) in [6.45, 7) is 8.55. The number of anilines is 1. The van der Waals surface area contributed by atoms with Crippen molar-refractivity contribution < 1.29 is 18.3 Å². The van der Waals surface area contributed by atoms with Crippen molar-refractivity contribution in [3.05, 3.63) is 58.7 Å². The average molecular weight is 460 g/mol. The highest BCUT2D eigenvalue weighted by atomic mass is 32.1. The Morgan fingerprint density at radius 1 is 1.16 bits per heavy atom. The van der Waals surface area contributed by atoms with Gasteiger partial charge in [-0.05, 0) is 43.0 Å². The van der Waals surface area contributed by atoms with E-state index in [-0.39, 0.29) is 17.8 Å². The third kappa shape index (κ3) is 5.31. The molecule has 0 saturated carbocycles. The lowest BCUT2D eigenvalue weighted by molar-refractivity contribution is -0.118. The first kappa shape index (κ1) is 22.8. The molecule has 0 radical (unpaired) electrons. The molecule has 32 heavy (non-hydrogen) atoms. The van der Waals surface area contributed by atoms with E-state index in [1.807, 2.05) is 32.0 Å². The van der Waals surface area contributed by atoms with Crippen molar-refractivity contribution in [1.29, 1.82) is 0 Å². The summed E-state index contributed by atoms with van der Waals surface area (Å²) in [7, 11) is 0. The van der Waals surface area contributed by atoms with E-state index in [4.69, 9.17) is 4.74 Å². The summed E-state index contributed by atoms with van der Waals surface area (Å²) in [5.74, 6) is -1.46. The number of benzene rings is 2. The Morgan fingerprint density at radius 3 is 2.69 bits per heavy atom. The second-order valence-electron chi connectivity index (χ2n) is 8.18. The van der Waals surface area contributed by atoms with Crippen molar-refractivity contribution in [2.24, 2.45) is 0 Å². The van der Waals surface area contributed by atoms with Crippen molar-refractivity contribution >= 4 is 32.6 Å². The number of aromatic nitrogens is 1. The number of aryl methyl sites for hydroxylation is 2. The highest BCUT2D eigenvalue weighted by Crippen LogP contribution is 2.31. The van der Waals surface area contributed by atoms with Gasteiger partial charge in [0.05, 0.1) is 24.3 Å². The van der Waals surface area contributed by atoms with Crippen LogP contribution in [0.25, 0.3) is 10.2 Å². The molecule has 170 valence electrons. The Hall–Kier alpha value is -2.42. The molecule has 2 heterocycles. The first-order valence-corrected chi connectivity index (χ1v) is 11.6. The predicted molar refractivity (Wildman–Crippen MR) is 123 cm³/mol. The maximum atomic E-state index is 14.2. The van der Waals surface area contributed by atoms with E-state index >= 15 is 0 Å². The summed E-state index contributed by atoms with van der Waals surface area (Å²) in [4.78, 5) is 21.6. The molecule has 0 N–H and O–H groups in total. The van der Waals surface area contributed by atoms with Crippen LogP contribution in [0, 0.1) is 25.5 Å². The van der Waals surface area contributed by atoms with E-state index in [0.717, 1.165) is 67.8 Å². The third-order valence-electron chi connectivity index (χ3n) is 5.82. The molecule has 0 spiro atoms. The van der Waals surface area contributed by atoms with Gasteiger partial charge in [-0.3, -0.25) is 14.6 Å². The SMILES string of the molecule is Cc1ccc(CC(=O)N(CCCN2CCOCC2)c2nc3c(F)cc(F)cc3s2)cc1C. The molecule has 3 aromatic rings. The van der Waals surface area contributed by atoms with Crippen LogP contribution in [0.5, 0.6) is 0 Å². The minimum absolute atomic E-state index is 0.101. The van der Waals surface area contributed by atoms with Gasteiger partial charge < -0.3 is 4.74 Å².